The maximum Gasteiger partial charge on any atom is 0.240 e. The van der Waals surface area contributed by atoms with Crippen LogP contribution in [0.25, 0.3) is 5.69 Å². The number of hydrogen-bond donors (Lipinski definition) is 3. The van der Waals surface area contributed by atoms with Crippen molar-refractivity contribution in [1.29, 1.82) is 0 Å². The smallest absolute Gasteiger partial charge is 0.240 e. The molecule has 1 amide bonds. The molecule has 2 atom stereocenters. The zero-order valence-electron chi connectivity index (χ0n) is 16.4. The first-order valence-corrected chi connectivity index (χ1v) is 10.6. The van der Waals surface area contributed by atoms with E-state index < -0.39 is 11.8 Å². The summed E-state index contributed by atoms with van der Waals surface area (Å²) < 4.78 is 2.06. The Morgan fingerprint density at radius 2 is 1.97 bits per heavy atom. The summed E-state index contributed by atoms with van der Waals surface area (Å²) in [5, 5.41) is 17.5. The molecule has 1 unspecified atom stereocenters. The Labute approximate surface area is 179 Å². The molecule has 1 aliphatic carbocycles. The van der Waals surface area contributed by atoms with Crippen molar-refractivity contribution in [3.05, 3.63) is 82.9 Å². The number of aromatic nitrogens is 2. The third-order valence-corrected chi connectivity index (χ3v) is 6.28. The predicted molar refractivity (Wildman–Crippen MR) is 114 cm³/mol. The first-order chi connectivity index (χ1) is 14.6. The molecule has 30 heavy (non-hydrogen) atoms. The number of halogens is 1. The van der Waals surface area contributed by atoms with Crippen LogP contribution in [0, 0.1) is 0 Å². The second-order valence-corrected chi connectivity index (χ2v) is 8.47. The Morgan fingerprint density at radius 3 is 2.73 bits per heavy atom. The Bertz CT molecular complexity index is 1070. The zero-order chi connectivity index (χ0) is 20.7. The lowest BCUT2D eigenvalue weighted by Gasteiger charge is -2.24. The van der Waals surface area contributed by atoms with Crippen LogP contribution in [0.1, 0.15) is 48.5 Å². The summed E-state index contributed by atoms with van der Waals surface area (Å²) >= 11 is 5.93. The minimum atomic E-state index is -0.934. The minimum absolute atomic E-state index is 0.0963. The minimum Gasteiger partial charge on any atom is -0.374 e. The van der Waals surface area contributed by atoms with Gasteiger partial charge in [0.25, 0.3) is 0 Å². The number of carbonyl (C=O) groups is 1. The molecule has 1 aromatic heterocycles. The number of aliphatic hydroxyl groups is 1. The second kappa shape index (κ2) is 7.54. The van der Waals surface area contributed by atoms with Crippen LogP contribution in [0.2, 0.25) is 5.02 Å². The average molecular weight is 423 g/mol. The van der Waals surface area contributed by atoms with Crippen LogP contribution in [0.5, 0.6) is 0 Å². The first kappa shape index (κ1) is 19.3. The summed E-state index contributed by atoms with van der Waals surface area (Å²) in [5.41, 5.74) is 2.28. The molecule has 2 aliphatic rings. The number of para-hydroxylation sites is 1. The van der Waals surface area contributed by atoms with Crippen molar-refractivity contribution >= 4 is 17.5 Å². The van der Waals surface area contributed by atoms with E-state index in [1.54, 1.807) is 30.5 Å². The summed E-state index contributed by atoms with van der Waals surface area (Å²) in [4.78, 5) is 17.7. The lowest BCUT2D eigenvalue weighted by atomic mass is 10.0. The number of aryl methyl sites for hydroxylation is 1. The summed E-state index contributed by atoms with van der Waals surface area (Å²) in [6, 6.07) is 15.0. The molecule has 7 heteroatoms. The van der Waals surface area contributed by atoms with Crippen LogP contribution in [0.3, 0.4) is 0 Å². The van der Waals surface area contributed by atoms with Crippen molar-refractivity contribution in [2.75, 3.05) is 0 Å². The third-order valence-electron chi connectivity index (χ3n) is 6.02. The van der Waals surface area contributed by atoms with Crippen molar-refractivity contribution in [3.63, 3.8) is 0 Å². The van der Waals surface area contributed by atoms with Gasteiger partial charge in [0.1, 0.15) is 17.6 Å². The van der Waals surface area contributed by atoms with Gasteiger partial charge in [-0.25, -0.2) is 4.98 Å². The monoisotopic (exact) mass is 422 g/mol. The molecular weight excluding hydrogens is 400 g/mol. The Kier molecular flexibility index (Phi) is 4.85. The van der Waals surface area contributed by atoms with Crippen molar-refractivity contribution < 1.29 is 9.90 Å². The third kappa shape index (κ3) is 3.51. The molecule has 1 saturated carbocycles. The van der Waals surface area contributed by atoms with Crippen LogP contribution in [0.4, 0.5) is 0 Å². The van der Waals surface area contributed by atoms with Gasteiger partial charge in [0, 0.05) is 23.1 Å². The van der Waals surface area contributed by atoms with E-state index in [2.05, 4.69) is 32.3 Å². The van der Waals surface area contributed by atoms with Crippen LogP contribution in [-0.4, -0.2) is 26.1 Å². The zero-order valence-corrected chi connectivity index (χ0v) is 17.1. The van der Waals surface area contributed by atoms with Gasteiger partial charge >= 0.3 is 0 Å². The lowest BCUT2D eigenvalue weighted by molar-refractivity contribution is -0.126. The number of amides is 1. The number of imidazole rings is 1. The fraction of sp³-hybridized carbons (Fsp3) is 0.304. The van der Waals surface area contributed by atoms with E-state index in [1.165, 1.54) is 5.56 Å². The van der Waals surface area contributed by atoms with E-state index in [1.807, 2.05) is 18.3 Å². The van der Waals surface area contributed by atoms with Gasteiger partial charge in [-0.2, -0.15) is 0 Å². The average Bonchev–Trinajstić information content (AvgIpc) is 3.41. The van der Waals surface area contributed by atoms with Crippen LogP contribution in [0.15, 0.2) is 60.9 Å². The van der Waals surface area contributed by atoms with Gasteiger partial charge in [0.15, 0.2) is 0 Å². The second-order valence-electron chi connectivity index (χ2n) is 8.03. The first-order valence-electron chi connectivity index (χ1n) is 10.2. The van der Waals surface area contributed by atoms with E-state index in [0.717, 1.165) is 24.4 Å². The van der Waals surface area contributed by atoms with E-state index in [0.29, 0.717) is 23.4 Å². The number of nitrogens with zero attached hydrogens (tertiary/aromatic N) is 2. The number of fused-ring (bicyclic) bond motifs is 3. The van der Waals surface area contributed by atoms with E-state index in [9.17, 15) is 9.90 Å². The van der Waals surface area contributed by atoms with Gasteiger partial charge in [0.05, 0.1) is 6.04 Å². The molecule has 2 heterocycles. The number of benzene rings is 2. The lowest BCUT2D eigenvalue weighted by Crippen LogP contribution is -2.49. The number of hydrogen-bond acceptors (Lipinski definition) is 4. The molecule has 0 spiro atoms. The molecule has 3 N–H and O–H groups in total. The molecule has 1 fully saturated rings. The maximum absolute atomic E-state index is 13.2. The topological polar surface area (TPSA) is 79.2 Å². The maximum atomic E-state index is 13.2. The molecule has 0 saturated heterocycles. The highest BCUT2D eigenvalue weighted by Gasteiger charge is 2.51. The Balaban J connectivity index is 1.33. The number of carbonyl (C=O) groups excluding carboxylic acids is 1. The van der Waals surface area contributed by atoms with Crippen molar-refractivity contribution in [2.45, 2.75) is 43.5 Å². The molecule has 6 nitrogen and oxygen atoms in total. The number of aliphatic hydroxyl groups excluding tert-OH is 1. The highest BCUT2D eigenvalue weighted by atomic mass is 35.5. The highest BCUT2D eigenvalue weighted by Crippen LogP contribution is 2.39. The van der Waals surface area contributed by atoms with Gasteiger partial charge in [-0.05, 0) is 55.0 Å². The molecular formula is C23H23ClN4O2. The fourth-order valence-corrected chi connectivity index (χ4v) is 4.27. The van der Waals surface area contributed by atoms with Gasteiger partial charge in [-0.3, -0.25) is 10.1 Å². The number of nitrogens with one attached hydrogen (secondary N) is 2. The Morgan fingerprint density at radius 1 is 1.20 bits per heavy atom. The van der Waals surface area contributed by atoms with Gasteiger partial charge in [-0.15, -0.1) is 0 Å². The Hall–Kier alpha value is -2.67. The van der Waals surface area contributed by atoms with E-state index in [4.69, 9.17) is 11.6 Å². The SMILES string of the molecule is O=C(N[C@@H]1CCc2ccccc2-n2ccnc21)C1(NC(O)c2ccc(Cl)cc2)CC1. The standard InChI is InChI=1S/C23H23ClN4O2/c24-17-8-5-16(6-9-17)21(29)27-23(11-12-23)22(30)26-18-10-7-15-3-1-2-4-19(15)28-14-13-25-20(18)28/h1-6,8-9,13-14,18,21,27,29H,7,10-12H2,(H,26,30)/t18-,21?/m1/s1. The predicted octanol–water partition coefficient (Wildman–Crippen LogP) is 3.44. The van der Waals surface area contributed by atoms with Crippen molar-refractivity contribution in [1.82, 2.24) is 20.2 Å². The van der Waals surface area contributed by atoms with Gasteiger partial charge < -0.3 is 15.0 Å². The molecule has 5 rings (SSSR count). The molecule has 3 aromatic rings. The quantitative estimate of drug-likeness (QED) is 0.550. The molecule has 2 aromatic carbocycles. The van der Waals surface area contributed by atoms with Crippen LogP contribution < -0.4 is 10.6 Å². The van der Waals surface area contributed by atoms with Crippen LogP contribution >= 0.6 is 11.6 Å². The highest BCUT2D eigenvalue weighted by molar-refractivity contribution is 6.30. The fourth-order valence-electron chi connectivity index (χ4n) is 4.15. The molecule has 0 radical (unpaired) electrons. The van der Waals surface area contributed by atoms with Crippen molar-refractivity contribution in [2.24, 2.45) is 0 Å². The van der Waals surface area contributed by atoms with Crippen molar-refractivity contribution in [3.8, 4) is 5.69 Å². The van der Waals surface area contributed by atoms with Gasteiger partial charge in [-0.1, -0.05) is 41.9 Å². The largest absolute Gasteiger partial charge is 0.374 e. The summed E-state index contributed by atoms with van der Waals surface area (Å²) in [7, 11) is 0. The summed E-state index contributed by atoms with van der Waals surface area (Å²) in [6.07, 6.45) is 5.78. The summed E-state index contributed by atoms with van der Waals surface area (Å²) in [5.74, 6) is 0.739. The molecule has 0 bridgehead atoms. The van der Waals surface area contributed by atoms with E-state index >= 15 is 0 Å². The summed E-state index contributed by atoms with van der Waals surface area (Å²) in [6.45, 7) is 0. The normalized spacial score (nSPS) is 19.9. The van der Waals surface area contributed by atoms with Gasteiger partial charge in [0.2, 0.25) is 5.91 Å². The van der Waals surface area contributed by atoms with Crippen LogP contribution in [-0.2, 0) is 11.2 Å². The van der Waals surface area contributed by atoms with E-state index in [-0.39, 0.29) is 11.9 Å². The number of rotatable bonds is 5. The molecule has 154 valence electrons. The molecule has 1 aliphatic heterocycles.